The molecule has 8 heteroatoms. The van der Waals surface area contributed by atoms with E-state index in [4.69, 9.17) is 0 Å². The van der Waals surface area contributed by atoms with Gasteiger partial charge >= 0.3 is 0 Å². The number of rotatable bonds is 4. The predicted octanol–water partition coefficient (Wildman–Crippen LogP) is 4.11. The van der Waals surface area contributed by atoms with Crippen LogP contribution in [0.4, 0.5) is 8.78 Å². The molecule has 0 N–H and O–H groups in total. The fourth-order valence-corrected chi connectivity index (χ4v) is 4.09. The molecule has 32 heavy (non-hydrogen) atoms. The Labute approximate surface area is 184 Å². The summed E-state index contributed by atoms with van der Waals surface area (Å²) in [6.45, 7) is 2.23. The Bertz CT molecular complexity index is 1160. The van der Waals surface area contributed by atoms with Crippen molar-refractivity contribution in [3.63, 3.8) is 0 Å². The summed E-state index contributed by atoms with van der Waals surface area (Å²) in [6, 6.07) is 9.88. The predicted molar refractivity (Wildman–Crippen MR) is 113 cm³/mol. The first-order valence-electron chi connectivity index (χ1n) is 10.3. The highest BCUT2D eigenvalue weighted by Crippen LogP contribution is 2.37. The molecule has 0 saturated carbocycles. The average Bonchev–Trinajstić information content (AvgIpc) is 2.82. The number of hydrogen-bond donors (Lipinski definition) is 0. The van der Waals surface area contributed by atoms with Crippen LogP contribution in [-0.2, 0) is 6.42 Å². The summed E-state index contributed by atoms with van der Waals surface area (Å²) in [5.41, 5.74) is 0.893. The number of likely N-dealkylation sites (tertiary alicyclic amines) is 1. The molecule has 0 bridgehead atoms. The summed E-state index contributed by atoms with van der Waals surface area (Å²) in [7, 11) is 0. The number of carbonyl (C=O) groups excluding carboxylic acids is 1. The Kier molecular flexibility index (Phi) is 5.91. The van der Waals surface area contributed by atoms with Crippen molar-refractivity contribution in [2.75, 3.05) is 13.1 Å². The Morgan fingerprint density at radius 3 is 2.50 bits per heavy atom. The van der Waals surface area contributed by atoms with Gasteiger partial charge in [0, 0.05) is 31.0 Å². The number of halogens is 2. The molecule has 0 aliphatic carbocycles. The van der Waals surface area contributed by atoms with Crippen LogP contribution in [0.1, 0.15) is 34.3 Å². The van der Waals surface area contributed by atoms with E-state index in [1.54, 1.807) is 42.4 Å². The summed E-state index contributed by atoms with van der Waals surface area (Å²) < 4.78 is 28.7. The molecule has 1 amide bonds. The van der Waals surface area contributed by atoms with Crippen molar-refractivity contribution in [2.24, 2.45) is 5.41 Å². The van der Waals surface area contributed by atoms with Crippen LogP contribution in [0.3, 0.4) is 0 Å². The van der Waals surface area contributed by atoms with Gasteiger partial charge in [-0.3, -0.25) is 9.78 Å². The summed E-state index contributed by atoms with van der Waals surface area (Å²) >= 11 is 0. The van der Waals surface area contributed by atoms with E-state index in [0.717, 1.165) is 0 Å². The first-order chi connectivity index (χ1) is 15.4. The summed E-state index contributed by atoms with van der Waals surface area (Å²) in [5, 5.41) is 9.85. The molecule has 3 heterocycles. The normalized spacial score (nSPS) is 15.2. The maximum absolute atomic E-state index is 14.4. The van der Waals surface area contributed by atoms with Crippen LogP contribution in [0.25, 0.3) is 11.4 Å². The van der Waals surface area contributed by atoms with Crippen LogP contribution < -0.4 is 0 Å². The summed E-state index contributed by atoms with van der Waals surface area (Å²) in [4.78, 5) is 27.3. The van der Waals surface area contributed by atoms with Gasteiger partial charge in [0.1, 0.15) is 23.7 Å². The minimum Gasteiger partial charge on any atom is -0.338 e. The lowest BCUT2D eigenvalue weighted by atomic mass is 9.74. The molecular formula is C24H21F2N5O. The van der Waals surface area contributed by atoms with Gasteiger partial charge in [0.2, 0.25) is 0 Å². The Morgan fingerprint density at radius 2 is 1.88 bits per heavy atom. The Morgan fingerprint density at radius 1 is 1.16 bits per heavy atom. The SMILES string of the molecule is Cc1cc(F)c(CC2(C#N)CCN(C(=O)c3cccnc3-c3ccncn3)CC2)c(F)c1. The summed E-state index contributed by atoms with van der Waals surface area (Å²) in [6.07, 6.45) is 5.19. The molecule has 1 fully saturated rings. The van der Waals surface area contributed by atoms with Crippen LogP contribution in [0.15, 0.2) is 49.1 Å². The van der Waals surface area contributed by atoms with Crippen molar-refractivity contribution in [3.05, 3.63) is 77.4 Å². The highest BCUT2D eigenvalue weighted by atomic mass is 19.1. The van der Waals surface area contributed by atoms with E-state index in [1.807, 2.05) is 0 Å². The number of aromatic nitrogens is 3. The van der Waals surface area contributed by atoms with Crippen molar-refractivity contribution in [1.29, 1.82) is 5.26 Å². The molecule has 1 aliphatic heterocycles. The van der Waals surface area contributed by atoms with Crippen molar-refractivity contribution in [2.45, 2.75) is 26.2 Å². The lowest BCUT2D eigenvalue weighted by Gasteiger charge is -2.37. The number of piperidine rings is 1. The second kappa shape index (κ2) is 8.79. The number of nitriles is 1. The molecule has 2 aromatic heterocycles. The van der Waals surface area contributed by atoms with Gasteiger partial charge in [-0.05, 0) is 62.1 Å². The number of pyridine rings is 1. The first kappa shape index (κ1) is 21.5. The molecule has 4 rings (SSSR count). The lowest BCUT2D eigenvalue weighted by molar-refractivity contribution is 0.0646. The minimum atomic E-state index is -0.932. The topological polar surface area (TPSA) is 82.8 Å². The van der Waals surface area contributed by atoms with Gasteiger partial charge in [-0.1, -0.05) is 0 Å². The second-order valence-electron chi connectivity index (χ2n) is 8.06. The molecule has 0 spiro atoms. The Hall–Kier alpha value is -3.73. The third-order valence-corrected chi connectivity index (χ3v) is 5.91. The smallest absolute Gasteiger partial charge is 0.256 e. The molecule has 0 radical (unpaired) electrons. The van der Waals surface area contributed by atoms with Crippen LogP contribution in [0, 0.1) is 35.3 Å². The molecule has 162 valence electrons. The standard InChI is InChI=1S/C24H21F2N5O/c1-16-11-19(25)18(20(26)12-16)13-24(14-27)5-9-31(10-6-24)23(32)17-3-2-7-29-22(17)21-4-8-28-15-30-21/h2-4,7-8,11-12,15H,5-6,9-10,13H2,1H3. The second-order valence-corrected chi connectivity index (χ2v) is 8.06. The molecule has 1 aliphatic rings. The van der Waals surface area contributed by atoms with Crippen LogP contribution in [0.2, 0.25) is 0 Å². The highest BCUT2D eigenvalue weighted by Gasteiger charge is 2.38. The highest BCUT2D eigenvalue weighted by molar-refractivity contribution is 5.99. The minimum absolute atomic E-state index is 0.0252. The van der Waals surface area contributed by atoms with E-state index in [2.05, 4.69) is 21.0 Å². The number of hydrogen-bond acceptors (Lipinski definition) is 5. The van der Waals surface area contributed by atoms with Gasteiger partial charge in [-0.25, -0.2) is 18.7 Å². The van der Waals surface area contributed by atoms with Crippen molar-refractivity contribution in [3.8, 4) is 17.5 Å². The molecule has 0 unspecified atom stereocenters. The van der Waals surface area contributed by atoms with Gasteiger partial charge in [0.25, 0.3) is 5.91 Å². The van der Waals surface area contributed by atoms with Crippen LogP contribution in [0.5, 0.6) is 0 Å². The quantitative estimate of drug-likeness (QED) is 0.618. The van der Waals surface area contributed by atoms with E-state index < -0.39 is 17.0 Å². The van der Waals surface area contributed by atoms with E-state index >= 15 is 0 Å². The molecule has 1 aromatic carbocycles. The summed E-state index contributed by atoms with van der Waals surface area (Å²) in [5.74, 6) is -1.49. The van der Waals surface area contributed by atoms with Crippen LogP contribution in [-0.4, -0.2) is 38.8 Å². The van der Waals surface area contributed by atoms with E-state index in [1.165, 1.54) is 18.5 Å². The number of nitrogens with zero attached hydrogens (tertiary/aromatic N) is 5. The number of benzene rings is 1. The average molecular weight is 433 g/mol. The maximum atomic E-state index is 14.4. The zero-order chi connectivity index (χ0) is 22.7. The molecule has 3 aromatic rings. The first-order valence-corrected chi connectivity index (χ1v) is 10.3. The number of carbonyl (C=O) groups is 1. The van der Waals surface area contributed by atoms with Gasteiger partial charge in [0.15, 0.2) is 0 Å². The fourth-order valence-electron chi connectivity index (χ4n) is 4.09. The van der Waals surface area contributed by atoms with Gasteiger partial charge in [-0.2, -0.15) is 5.26 Å². The Balaban J connectivity index is 1.53. The third-order valence-electron chi connectivity index (χ3n) is 5.91. The third kappa shape index (κ3) is 4.19. The number of aryl methyl sites for hydroxylation is 1. The lowest BCUT2D eigenvalue weighted by Crippen LogP contribution is -2.44. The van der Waals surface area contributed by atoms with Crippen molar-refractivity contribution < 1.29 is 13.6 Å². The zero-order valence-corrected chi connectivity index (χ0v) is 17.6. The maximum Gasteiger partial charge on any atom is 0.256 e. The van der Waals surface area contributed by atoms with E-state index in [-0.39, 0.29) is 17.9 Å². The monoisotopic (exact) mass is 433 g/mol. The van der Waals surface area contributed by atoms with Gasteiger partial charge in [-0.15, -0.1) is 0 Å². The number of amides is 1. The largest absolute Gasteiger partial charge is 0.338 e. The molecule has 6 nitrogen and oxygen atoms in total. The molecule has 0 atom stereocenters. The van der Waals surface area contributed by atoms with Crippen LogP contribution >= 0.6 is 0 Å². The van der Waals surface area contributed by atoms with Crippen molar-refractivity contribution in [1.82, 2.24) is 19.9 Å². The van der Waals surface area contributed by atoms with E-state index in [9.17, 15) is 18.8 Å². The zero-order valence-electron chi connectivity index (χ0n) is 17.6. The fraction of sp³-hybridized carbons (Fsp3) is 0.292. The van der Waals surface area contributed by atoms with Crippen molar-refractivity contribution >= 4 is 5.91 Å². The van der Waals surface area contributed by atoms with Gasteiger partial charge in [0.05, 0.1) is 22.7 Å². The molecule has 1 saturated heterocycles. The molecular weight excluding hydrogens is 412 g/mol. The van der Waals surface area contributed by atoms with Gasteiger partial charge < -0.3 is 4.90 Å². The van der Waals surface area contributed by atoms with E-state index in [0.29, 0.717) is 48.4 Å².